The average molecular weight is 288 g/mol. The summed E-state index contributed by atoms with van der Waals surface area (Å²) in [5, 5.41) is 12.2. The molecule has 0 bridgehead atoms. The Hall–Kier alpha value is -2.70. The predicted octanol–water partition coefficient (Wildman–Crippen LogP) is 2.45. The first kappa shape index (κ1) is 14.7. The van der Waals surface area contributed by atoms with E-state index in [2.05, 4.69) is 20.3 Å². The summed E-state index contributed by atoms with van der Waals surface area (Å²) in [4.78, 5) is 23.6. The van der Waals surface area contributed by atoms with Gasteiger partial charge >= 0.3 is 5.97 Å². The minimum absolute atomic E-state index is 0.0554. The highest BCUT2D eigenvalue weighted by Crippen LogP contribution is 2.21. The summed E-state index contributed by atoms with van der Waals surface area (Å²) < 4.78 is 4.97. The molecule has 0 aromatic carbocycles. The maximum absolute atomic E-state index is 11.3. The van der Waals surface area contributed by atoms with Gasteiger partial charge in [-0.1, -0.05) is 13.8 Å². The van der Waals surface area contributed by atoms with Crippen LogP contribution in [0.5, 0.6) is 5.88 Å². The van der Waals surface area contributed by atoms with E-state index in [-0.39, 0.29) is 11.6 Å². The topological polar surface area (TPSA) is 97.2 Å². The zero-order valence-corrected chi connectivity index (χ0v) is 12.0. The van der Waals surface area contributed by atoms with Gasteiger partial charge < -0.3 is 15.2 Å². The molecule has 110 valence electrons. The Balaban J connectivity index is 2.31. The van der Waals surface area contributed by atoms with Crippen LogP contribution in [0, 0.1) is 0 Å². The largest absolute Gasteiger partial charge is 0.481 e. The zero-order chi connectivity index (χ0) is 15.4. The number of carboxylic acid groups (broad SMARTS) is 1. The normalized spacial score (nSPS) is 10.5. The van der Waals surface area contributed by atoms with Gasteiger partial charge in [0.25, 0.3) is 0 Å². The van der Waals surface area contributed by atoms with E-state index >= 15 is 0 Å². The van der Waals surface area contributed by atoms with Gasteiger partial charge in [-0.15, -0.1) is 0 Å². The maximum Gasteiger partial charge on any atom is 0.356 e. The standard InChI is InChI=1S/C14H16N4O3/c1-8(2)13-16-7-10(12(18-13)14(19)20)17-9-4-5-11(21-3)15-6-9/h4-8,17H,1-3H3,(H,19,20). The maximum atomic E-state index is 11.3. The summed E-state index contributed by atoms with van der Waals surface area (Å²) in [6, 6.07) is 3.40. The molecule has 0 radical (unpaired) electrons. The van der Waals surface area contributed by atoms with Gasteiger partial charge in [0.1, 0.15) is 5.82 Å². The van der Waals surface area contributed by atoms with Crippen LogP contribution in [0.3, 0.4) is 0 Å². The van der Waals surface area contributed by atoms with Gasteiger partial charge in [0.2, 0.25) is 5.88 Å². The van der Waals surface area contributed by atoms with Crippen LogP contribution < -0.4 is 10.1 Å². The van der Waals surface area contributed by atoms with E-state index in [0.29, 0.717) is 23.1 Å². The number of aromatic carboxylic acids is 1. The molecule has 7 heteroatoms. The number of aromatic nitrogens is 3. The number of carboxylic acids is 1. The van der Waals surface area contributed by atoms with Crippen LogP contribution in [-0.4, -0.2) is 33.1 Å². The molecule has 7 nitrogen and oxygen atoms in total. The van der Waals surface area contributed by atoms with Crippen LogP contribution in [0.1, 0.15) is 36.1 Å². The Morgan fingerprint density at radius 1 is 1.29 bits per heavy atom. The predicted molar refractivity (Wildman–Crippen MR) is 77.2 cm³/mol. The van der Waals surface area contributed by atoms with Gasteiger partial charge in [-0.3, -0.25) is 0 Å². The third-order valence-electron chi connectivity index (χ3n) is 2.75. The van der Waals surface area contributed by atoms with E-state index in [1.807, 2.05) is 13.8 Å². The van der Waals surface area contributed by atoms with Gasteiger partial charge in [0, 0.05) is 12.0 Å². The van der Waals surface area contributed by atoms with E-state index in [0.717, 1.165) is 0 Å². The summed E-state index contributed by atoms with van der Waals surface area (Å²) >= 11 is 0. The first-order valence-corrected chi connectivity index (χ1v) is 6.38. The molecule has 0 atom stereocenters. The van der Waals surface area contributed by atoms with Crippen molar-refractivity contribution in [2.75, 3.05) is 12.4 Å². The van der Waals surface area contributed by atoms with Crippen LogP contribution in [0.15, 0.2) is 24.5 Å². The quantitative estimate of drug-likeness (QED) is 0.872. The fourth-order valence-corrected chi connectivity index (χ4v) is 1.66. The Kier molecular flexibility index (Phi) is 4.32. The third kappa shape index (κ3) is 3.44. The minimum atomic E-state index is -1.11. The molecule has 0 aliphatic rings. The summed E-state index contributed by atoms with van der Waals surface area (Å²) in [6.07, 6.45) is 3.01. The molecule has 21 heavy (non-hydrogen) atoms. The molecule has 0 fully saturated rings. The molecular weight excluding hydrogens is 272 g/mol. The molecule has 2 N–H and O–H groups in total. The van der Waals surface area contributed by atoms with E-state index in [1.54, 1.807) is 18.3 Å². The van der Waals surface area contributed by atoms with Crippen molar-refractivity contribution < 1.29 is 14.6 Å². The zero-order valence-electron chi connectivity index (χ0n) is 12.0. The van der Waals surface area contributed by atoms with Crippen molar-refractivity contribution in [3.05, 3.63) is 36.0 Å². The molecule has 0 amide bonds. The highest BCUT2D eigenvalue weighted by molar-refractivity contribution is 5.92. The van der Waals surface area contributed by atoms with Crippen molar-refractivity contribution in [3.63, 3.8) is 0 Å². The van der Waals surface area contributed by atoms with Crippen molar-refractivity contribution in [1.82, 2.24) is 15.0 Å². The van der Waals surface area contributed by atoms with Crippen LogP contribution in [0.2, 0.25) is 0 Å². The number of carbonyl (C=O) groups is 1. The number of nitrogens with zero attached hydrogens (tertiary/aromatic N) is 3. The number of rotatable bonds is 5. The molecule has 2 heterocycles. The number of pyridine rings is 1. The summed E-state index contributed by atoms with van der Waals surface area (Å²) in [5.41, 5.74) is 0.877. The number of ether oxygens (including phenoxy) is 1. The monoisotopic (exact) mass is 288 g/mol. The summed E-state index contributed by atoms with van der Waals surface area (Å²) in [6.45, 7) is 3.81. The minimum Gasteiger partial charge on any atom is -0.481 e. The van der Waals surface area contributed by atoms with Gasteiger partial charge in [-0.2, -0.15) is 0 Å². The number of hydrogen-bond donors (Lipinski definition) is 2. The van der Waals surface area contributed by atoms with Gasteiger partial charge in [0.05, 0.1) is 30.9 Å². The molecule has 0 aliphatic carbocycles. The highest BCUT2D eigenvalue weighted by Gasteiger charge is 2.15. The first-order chi connectivity index (χ1) is 10.0. The first-order valence-electron chi connectivity index (χ1n) is 6.38. The fraction of sp³-hybridized carbons (Fsp3) is 0.286. The molecule has 0 unspecified atom stereocenters. The lowest BCUT2D eigenvalue weighted by Crippen LogP contribution is -2.10. The van der Waals surface area contributed by atoms with E-state index < -0.39 is 5.97 Å². The highest BCUT2D eigenvalue weighted by atomic mass is 16.5. The van der Waals surface area contributed by atoms with Gasteiger partial charge in [-0.25, -0.2) is 19.7 Å². The van der Waals surface area contributed by atoms with Crippen LogP contribution >= 0.6 is 0 Å². The molecule has 2 rings (SSSR count). The SMILES string of the molecule is COc1ccc(Nc2cnc(C(C)C)nc2C(=O)O)cn1. The van der Waals surface area contributed by atoms with Crippen LogP contribution in [0.25, 0.3) is 0 Å². The second-order valence-corrected chi connectivity index (χ2v) is 4.66. The van der Waals surface area contributed by atoms with Crippen molar-refractivity contribution >= 4 is 17.3 Å². The lowest BCUT2D eigenvalue weighted by molar-refractivity contribution is 0.0691. The van der Waals surface area contributed by atoms with Crippen molar-refractivity contribution in [2.45, 2.75) is 19.8 Å². The lowest BCUT2D eigenvalue weighted by atomic mass is 10.2. The second-order valence-electron chi connectivity index (χ2n) is 4.66. The Morgan fingerprint density at radius 3 is 2.57 bits per heavy atom. The Bertz CT molecular complexity index is 641. The van der Waals surface area contributed by atoms with Gasteiger partial charge in [0.15, 0.2) is 5.69 Å². The molecule has 0 saturated carbocycles. The summed E-state index contributed by atoms with van der Waals surface area (Å²) in [5.74, 6) is -0.0840. The van der Waals surface area contributed by atoms with Crippen LogP contribution in [-0.2, 0) is 0 Å². The molecular formula is C14H16N4O3. The summed E-state index contributed by atoms with van der Waals surface area (Å²) in [7, 11) is 1.52. The third-order valence-corrected chi connectivity index (χ3v) is 2.75. The fourth-order valence-electron chi connectivity index (χ4n) is 1.66. The second kappa shape index (κ2) is 6.17. The Morgan fingerprint density at radius 2 is 2.05 bits per heavy atom. The number of anilines is 2. The lowest BCUT2D eigenvalue weighted by Gasteiger charge is -2.11. The molecule has 2 aromatic heterocycles. The van der Waals surface area contributed by atoms with E-state index in [1.165, 1.54) is 13.3 Å². The molecule has 2 aromatic rings. The van der Waals surface area contributed by atoms with Crippen molar-refractivity contribution in [2.24, 2.45) is 0 Å². The molecule has 0 saturated heterocycles. The smallest absolute Gasteiger partial charge is 0.356 e. The van der Waals surface area contributed by atoms with Crippen molar-refractivity contribution in [1.29, 1.82) is 0 Å². The molecule has 0 spiro atoms. The van der Waals surface area contributed by atoms with E-state index in [9.17, 15) is 9.90 Å². The number of hydrogen-bond acceptors (Lipinski definition) is 6. The Labute approximate surface area is 122 Å². The van der Waals surface area contributed by atoms with E-state index in [4.69, 9.17) is 4.74 Å². The van der Waals surface area contributed by atoms with Crippen LogP contribution in [0.4, 0.5) is 11.4 Å². The van der Waals surface area contributed by atoms with Crippen molar-refractivity contribution in [3.8, 4) is 5.88 Å². The van der Waals surface area contributed by atoms with Gasteiger partial charge in [-0.05, 0) is 6.07 Å². The molecule has 0 aliphatic heterocycles. The number of methoxy groups -OCH3 is 1. The number of nitrogens with one attached hydrogen (secondary N) is 1. The average Bonchev–Trinajstić information content (AvgIpc) is 2.48.